The van der Waals surface area contributed by atoms with Crippen molar-refractivity contribution in [1.82, 2.24) is 0 Å². The highest BCUT2D eigenvalue weighted by Crippen LogP contribution is 2.47. The number of hydrogen-bond donors (Lipinski definition) is 0. The lowest BCUT2D eigenvalue weighted by atomic mass is 9.61. The summed E-state index contributed by atoms with van der Waals surface area (Å²) in [5.74, 6) is -0.215. The van der Waals surface area contributed by atoms with E-state index in [1.54, 1.807) is 6.92 Å². The molecule has 0 spiro atoms. The molecule has 3 atom stereocenters. The van der Waals surface area contributed by atoms with E-state index in [-0.39, 0.29) is 35.7 Å². The highest BCUT2D eigenvalue weighted by Gasteiger charge is 2.49. The molecule has 0 bridgehead atoms. The average molecular weight is 459 g/mol. The summed E-state index contributed by atoms with van der Waals surface area (Å²) >= 11 is 0. The van der Waals surface area contributed by atoms with Gasteiger partial charge in [0, 0.05) is 17.3 Å². The van der Waals surface area contributed by atoms with E-state index in [0.29, 0.717) is 32.3 Å². The molecule has 1 aromatic rings. The third-order valence-corrected chi connectivity index (χ3v) is 7.47. The van der Waals surface area contributed by atoms with Crippen molar-refractivity contribution in [3.63, 3.8) is 0 Å². The van der Waals surface area contributed by atoms with Gasteiger partial charge in [-0.05, 0) is 44.1 Å². The summed E-state index contributed by atoms with van der Waals surface area (Å²) in [6.45, 7) is 16.0. The molecule has 0 aromatic heterocycles. The van der Waals surface area contributed by atoms with Gasteiger partial charge in [0.05, 0.1) is 12.0 Å². The molecule has 1 saturated heterocycles. The number of ether oxygens (including phenoxy) is 2. The maximum Gasteiger partial charge on any atom is 0.311 e. The fraction of sp³-hybridized carbons (Fsp3) is 0.679. The van der Waals surface area contributed by atoms with Crippen molar-refractivity contribution in [3.8, 4) is 0 Å². The van der Waals surface area contributed by atoms with Crippen molar-refractivity contribution in [3.05, 3.63) is 35.9 Å². The molecule has 0 saturated carbocycles. The van der Waals surface area contributed by atoms with Crippen LogP contribution in [0.15, 0.2) is 30.3 Å². The van der Waals surface area contributed by atoms with Crippen molar-refractivity contribution in [2.75, 3.05) is 13.2 Å². The van der Waals surface area contributed by atoms with Gasteiger partial charge in [-0.2, -0.15) is 0 Å². The Labute approximate surface area is 199 Å². The summed E-state index contributed by atoms with van der Waals surface area (Å²) in [6, 6.07) is 10.0. The van der Waals surface area contributed by atoms with E-state index in [9.17, 15) is 14.4 Å². The molecule has 1 aromatic carbocycles. The number of carbonyl (C=O) groups is 3. The van der Waals surface area contributed by atoms with Crippen molar-refractivity contribution in [1.29, 1.82) is 0 Å². The lowest BCUT2D eigenvalue weighted by molar-refractivity contribution is -0.161. The first-order chi connectivity index (χ1) is 15.2. The SMILES string of the molecule is CCC(C)(CC(C)(CC(C)(C)C(C)=O)C(=O)OCC1CO1)C(=O)CC(C)(C)c1ccccc1. The van der Waals surface area contributed by atoms with Gasteiger partial charge in [-0.15, -0.1) is 0 Å². The smallest absolute Gasteiger partial charge is 0.311 e. The second-order valence-corrected chi connectivity index (χ2v) is 11.7. The van der Waals surface area contributed by atoms with Gasteiger partial charge in [-0.3, -0.25) is 14.4 Å². The zero-order valence-electron chi connectivity index (χ0n) is 21.7. The van der Waals surface area contributed by atoms with Gasteiger partial charge in [0.15, 0.2) is 0 Å². The van der Waals surface area contributed by atoms with E-state index in [1.807, 2.05) is 65.0 Å². The molecule has 0 N–H and O–H groups in total. The molecule has 1 fully saturated rings. The minimum Gasteiger partial charge on any atom is -0.462 e. The highest BCUT2D eigenvalue weighted by molar-refractivity contribution is 5.88. The van der Waals surface area contributed by atoms with Crippen LogP contribution in [0.1, 0.15) is 86.6 Å². The van der Waals surface area contributed by atoms with Gasteiger partial charge in [-0.1, -0.05) is 71.9 Å². The third-order valence-electron chi connectivity index (χ3n) is 7.47. The van der Waals surface area contributed by atoms with Crippen LogP contribution in [0, 0.1) is 16.2 Å². The van der Waals surface area contributed by atoms with Crippen LogP contribution >= 0.6 is 0 Å². The Bertz CT molecular complexity index is 852. The minimum absolute atomic E-state index is 0.0155. The van der Waals surface area contributed by atoms with Gasteiger partial charge < -0.3 is 9.47 Å². The van der Waals surface area contributed by atoms with Gasteiger partial charge in [-0.25, -0.2) is 0 Å². The summed E-state index contributed by atoms with van der Waals surface area (Å²) in [6.07, 6.45) is 1.60. The van der Waals surface area contributed by atoms with E-state index in [0.717, 1.165) is 5.56 Å². The molecule has 0 radical (unpaired) electrons. The van der Waals surface area contributed by atoms with Gasteiger partial charge in [0.25, 0.3) is 0 Å². The monoisotopic (exact) mass is 458 g/mol. The molecule has 2 rings (SSSR count). The van der Waals surface area contributed by atoms with Crippen molar-refractivity contribution in [2.24, 2.45) is 16.2 Å². The zero-order valence-corrected chi connectivity index (χ0v) is 21.7. The molecule has 1 heterocycles. The number of esters is 1. The van der Waals surface area contributed by atoms with E-state index in [2.05, 4.69) is 13.8 Å². The molecule has 0 aliphatic carbocycles. The second-order valence-electron chi connectivity index (χ2n) is 11.7. The fourth-order valence-corrected chi connectivity index (χ4v) is 4.70. The maximum atomic E-state index is 13.7. The fourth-order valence-electron chi connectivity index (χ4n) is 4.70. The Morgan fingerprint density at radius 1 is 0.970 bits per heavy atom. The van der Waals surface area contributed by atoms with E-state index in [1.165, 1.54) is 0 Å². The Balaban J connectivity index is 2.29. The quantitative estimate of drug-likeness (QED) is 0.281. The largest absolute Gasteiger partial charge is 0.462 e. The number of benzene rings is 1. The Morgan fingerprint density at radius 3 is 2.03 bits per heavy atom. The van der Waals surface area contributed by atoms with Crippen LogP contribution in [0.4, 0.5) is 0 Å². The van der Waals surface area contributed by atoms with Crippen LogP contribution in [0.2, 0.25) is 0 Å². The summed E-state index contributed by atoms with van der Waals surface area (Å²) in [4.78, 5) is 39.4. The van der Waals surface area contributed by atoms with Crippen molar-refractivity contribution in [2.45, 2.75) is 92.6 Å². The molecular weight excluding hydrogens is 416 g/mol. The molecule has 1 aliphatic heterocycles. The molecule has 0 amide bonds. The second kappa shape index (κ2) is 10.1. The summed E-state index contributed by atoms with van der Waals surface area (Å²) in [5, 5.41) is 0. The normalized spacial score (nSPS) is 19.8. The van der Waals surface area contributed by atoms with Crippen LogP contribution in [0.25, 0.3) is 0 Å². The average Bonchev–Trinajstić information content (AvgIpc) is 3.56. The lowest BCUT2D eigenvalue weighted by Crippen LogP contribution is -2.44. The first kappa shape index (κ1) is 27.2. The topological polar surface area (TPSA) is 73.0 Å². The van der Waals surface area contributed by atoms with Crippen LogP contribution in [-0.2, 0) is 29.3 Å². The summed E-state index contributed by atoms with van der Waals surface area (Å²) in [7, 11) is 0. The summed E-state index contributed by atoms with van der Waals surface area (Å²) in [5.41, 5.74) is -1.61. The third kappa shape index (κ3) is 6.99. The molecule has 3 unspecified atom stereocenters. The predicted octanol–water partition coefficient (Wildman–Crippen LogP) is 5.68. The van der Waals surface area contributed by atoms with E-state index >= 15 is 0 Å². The van der Waals surface area contributed by atoms with E-state index in [4.69, 9.17) is 9.47 Å². The highest BCUT2D eigenvalue weighted by atomic mass is 16.6. The Kier molecular flexibility index (Phi) is 8.32. The Hall–Kier alpha value is -2.01. The summed E-state index contributed by atoms with van der Waals surface area (Å²) < 4.78 is 10.8. The standard InChI is InChI=1S/C28H42O5/c1-9-27(7,23(30)15-25(3,4)21-13-11-10-12-14-21)19-28(8,18-26(5,6)20(2)29)24(31)33-17-22-16-32-22/h10-14,22H,9,15-19H2,1-8H3. The molecule has 1 aliphatic rings. The molecular formula is C28H42O5. The first-order valence-electron chi connectivity index (χ1n) is 12.0. The predicted molar refractivity (Wildman–Crippen MR) is 130 cm³/mol. The van der Waals surface area contributed by atoms with Crippen LogP contribution in [0.3, 0.4) is 0 Å². The van der Waals surface area contributed by atoms with Crippen LogP contribution in [-0.4, -0.2) is 36.9 Å². The molecule has 33 heavy (non-hydrogen) atoms. The van der Waals surface area contributed by atoms with Crippen LogP contribution in [0.5, 0.6) is 0 Å². The zero-order chi connectivity index (χ0) is 25.1. The van der Waals surface area contributed by atoms with Crippen molar-refractivity contribution >= 4 is 17.5 Å². The lowest BCUT2D eigenvalue weighted by Gasteiger charge is -2.41. The van der Waals surface area contributed by atoms with Crippen LogP contribution < -0.4 is 0 Å². The number of epoxide rings is 1. The Morgan fingerprint density at radius 2 is 1.55 bits per heavy atom. The molecule has 184 valence electrons. The number of ketones is 2. The number of Topliss-reactive ketones (excluding diaryl/α,β-unsaturated/α-hetero) is 2. The number of rotatable bonds is 13. The maximum absolute atomic E-state index is 13.7. The first-order valence-corrected chi connectivity index (χ1v) is 12.0. The van der Waals surface area contributed by atoms with Crippen molar-refractivity contribution < 1.29 is 23.9 Å². The molecule has 5 heteroatoms. The van der Waals surface area contributed by atoms with Gasteiger partial charge in [0.2, 0.25) is 0 Å². The number of carbonyl (C=O) groups excluding carboxylic acids is 3. The van der Waals surface area contributed by atoms with Gasteiger partial charge >= 0.3 is 5.97 Å². The van der Waals surface area contributed by atoms with E-state index < -0.39 is 16.2 Å². The molecule has 5 nitrogen and oxygen atoms in total. The number of hydrogen-bond acceptors (Lipinski definition) is 5. The van der Waals surface area contributed by atoms with Gasteiger partial charge in [0.1, 0.15) is 24.3 Å². The minimum atomic E-state index is -0.971.